The Balaban J connectivity index is 2.14. The lowest BCUT2D eigenvalue weighted by atomic mass is 10.1. The zero-order valence-corrected chi connectivity index (χ0v) is 14.2. The van der Waals surface area contributed by atoms with Gasteiger partial charge < -0.3 is 9.84 Å². The summed E-state index contributed by atoms with van der Waals surface area (Å²) >= 11 is 5.86. The van der Waals surface area contributed by atoms with E-state index in [1.54, 1.807) is 30.3 Å². The molecule has 0 aromatic heterocycles. The Hall–Kier alpha value is -2.44. The molecule has 0 bridgehead atoms. The standard InChI is InChI=1S/C17H14ClNO4S/c1-23-16-8-9-17(13-5-3-2-4-12(13)16)24(21,22)19-14-10-11(18)6-7-15(14)20/h2-10,19-20H,1H3. The first kappa shape index (κ1) is 16.4. The molecule has 0 aliphatic carbocycles. The molecule has 0 amide bonds. The lowest BCUT2D eigenvalue weighted by molar-refractivity contribution is 0.419. The molecule has 0 saturated carbocycles. The first-order valence-corrected chi connectivity index (χ1v) is 8.85. The molecule has 0 aliphatic rings. The van der Waals surface area contributed by atoms with Gasteiger partial charge in [-0.05, 0) is 30.3 Å². The molecule has 5 nitrogen and oxygen atoms in total. The maximum absolute atomic E-state index is 12.8. The number of hydrogen-bond acceptors (Lipinski definition) is 4. The highest BCUT2D eigenvalue weighted by Gasteiger charge is 2.20. The fraction of sp³-hybridized carbons (Fsp3) is 0.0588. The topological polar surface area (TPSA) is 75.6 Å². The van der Waals surface area contributed by atoms with Gasteiger partial charge in [-0.15, -0.1) is 0 Å². The number of rotatable bonds is 4. The fourth-order valence-electron chi connectivity index (χ4n) is 2.45. The van der Waals surface area contributed by atoms with Gasteiger partial charge in [-0.1, -0.05) is 35.9 Å². The van der Waals surface area contributed by atoms with Crippen LogP contribution in [0.4, 0.5) is 5.69 Å². The summed E-state index contributed by atoms with van der Waals surface area (Å²) in [6, 6.07) is 14.2. The van der Waals surface area contributed by atoms with Gasteiger partial charge in [-0.3, -0.25) is 4.72 Å². The van der Waals surface area contributed by atoms with Crippen LogP contribution in [0.15, 0.2) is 59.5 Å². The molecule has 124 valence electrons. The van der Waals surface area contributed by atoms with Gasteiger partial charge >= 0.3 is 0 Å². The van der Waals surface area contributed by atoms with Crippen molar-refractivity contribution in [1.29, 1.82) is 0 Å². The molecule has 24 heavy (non-hydrogen) atoms. The van der Waals surface area contributed by atoms with Gasteiger partial charge in [0.2, 0.25) is 0 Å². The number of benzene rings is 3. The van der Waals surface area contributed by atoms with E-state index in [0.29, 0.717) is 21.5 Å². The summed E-state index contributed by atoms with van der Waals surface area (Å²) in [5.41, 5.74) is 0.0161. The molecule has 0 saturated heterocycles. The van der Waals surface area contributed by atoms with Crippen molar-refractivity contribution >= 4 is 38.1 Å². The quantitative estimate of drug-likeness (QED) is 0.687. The summed E-state index contributed by atoms with van der Waals surface area (Å²) < 4.78 is 33.2. The van der Waals surface area contributed by atoms with Gasteiger partial charge in [0.15, 0.2) is 0 Å². The zero-order chi connectivity index (χ0) is 17.3. The zero-order valence-electron chi connectivity index (χ0n) is 12.7. The molecule has 3 aromatic rings. The summed E-state index contributed by atoms with van der Waals surface area (Å²) in [5.74, 6) is 0.371. The van der Waals surface area contributed by atoms with Gasteiger partial charge in [0.1, 0.15) is 11.5 Å². The lowest BCUT2D eigenvalue weighted by Crippen LogP contribution is -2.13. The van der Waals surface area contributed by atoms with Crippen LogP contribution in [0.1, 0.15) is 0 Å². The molecule has 3 rings (SSSR count). The Morgan fingerprint density at radius 3 is 2.46 bits per heavy atom. The molecule has 7 heteroatoms. The summed E-state index contributed by atoms with van der Waals surface area (Å²) in [5, 5.41) is 11.3. The number of ether oxygens (including phenoxy) is 1. The van der Waals surface area contributed by atoms with Crippen molar-refractivity contribution in [3.63, 3.8) is 0 Å². The van der Waals surface area contributed by atoms with Crippen LogP contribution in [-0.2, 0) is 10.0 Å². The Bertz CT molecular complexity index is 1020. The van der Waals surface area contributed by atoms with Crippen LogP contribution in [0.25, 0.3) is 10.8 Å². The predicted octanol–water partition coefficient (Wildman–Crippen LogP) is 4.01. The van der Waals surface area contributed by atoms with Crippen molar-refractivity contribution in [2.24, 2.45) is 0 Å². The smallest absolute Gasteiger partial charge is 0.262 e. The minimum absolute atomic E-state index is 0.0161. The number of aromatic hydroxyl groups is 1. The third-order valence-electron chi connectivity index (χ3n) is 3.56. The third kappa shape index (κ3) is 2.98. The predicted molar refractivity (Wildman–Crippen MR) is 94.4 cm³/mol. The highest BCUT2D eigenvalue weighted by molar-refractivity contribution is 7.93. The molecule has 0 fully saturated rings. The van der Waals surface area contributed by atoms with Gasteiger partial charge in [0.25, 0.3) is 10.0 Å². The van der Waals surface area contributed by atoms with Gasteiger partial charge in [-0.2, -0.15) is 0 Å². The molecule has 0 radical (unpaired) electrons. The number of halogens is 1. The Morgan fingerprint density at radius 2 is 1.75 bits per heavy atom. The number of phenols is 1. The van der Waals surface area contributed by atoms with Gasteiger partial charge in [0, 0.05) is 15.8 Å². The summed E-state index contributed by atoms with van der Waals surface area (Å²) in [6.45, 7) is 0. The van der Waals surface area contributed by atoms with E-state index >= 15 is 0 Å². The number of fused-ring (bicyclic) bond motifs is 1. The Labute approximate surface area is 144 Å². The molecule has 0 aliphatic heterocycles. The SMILES string of the molecule is COc1ccc(S(=O)(=O)Nc2cc(Cl)ccc2O)c2ccccc12. The second-order valence-corrected chi connectivity index (χ2v) is 7.17. The van der Waals surface area contributed by atoms with E-state index in [4.69, 9.17) is 16.3 Å². The van der Waals surface area contributed by atoms with E-state index in [-0.39, 0.29) is 16.3 Å². The highest BCUT2D eigenvalue weighted by Crippen LogP contribution is 2.33. The van der Waals surface area contributed by atoms with Crippen molar-refractivity contribution in [3.05, 3.63) is 59.6 Å². The van der Waals surface area contributed by atoms with E-state index in [0.717, 1.165) is 0 Å². The van der Waals surface area contributed by atoms with Crippen LogP contribution >= 0.6 is 11.6 Å². The van der Waals surface area contributed by atoms with E-state index in [2.05, 4.69) is 4.72 Å². The number of phenolic OH excluding ortho intramolecular Hbond substituents is 1. The maximum Gasteiger partial charge on any atom is 0.262 e. The van der Waals surface area contributed by atoms with Crippen LogP contribution in [0.2, 0.25) is 5.02 Å². The molecule has 0 spiro atoms. The average Bonchev–Trinajstić information content (AvgIpc) is 2.56. The van der Waals surface area contributed by atoms with Crippen molar-refractivity contribution < 1.29 is 18.3 Å². The van der Waals surface area contributed by atoms with Crippen LogP contribution in [0.5, 0.6) is 11.5 Å². The average molecular weight is 364 g/mol. The van der Waals surface area contributed by atoms with Crippen LogP contribution in [0.3, 0.4) is 0 Å². The normalized spacial score (nSPS) is 11.4. The number of nitrogens with one attached hydrogen (secondary N) is 1. The van der Waals surface area contributed by atoms with Crippen LogP contribution in [-0.4, -0.2) is 20.6 Å². The first-order valence-electron chi connectivity index (χ1n) is 6.99. The Kier molecular flexibility index (Phi) is 4.26. The molecular weight excluding hydrogens is 350 g/mol. The summed E-state index contributed by atoms with van der Waals surface area (Å²) in [4.78, 5) is 0.0817. The molecule has 0 unspecified atom stereocenters. The Morgan fingerprint density at radius 1 is 1.04 bits per heavy atom. The van der Waals surface area contributed by atoms with Crippen molar-refractivity contribution in [2.45, 2.75) is 4.90 Å². The van der Waals surface area contributed by atoms with Crippen molar-refractivity contribution in [3.8, 4) is 11.5 Å². The third-order valence-corrected chi connectivity index (χ3v) is 5.22. The lowest BCUT2D eigenvalue weighted by Gasteiger charge is -2.13. The number of sulfonamides is 1. The number of hydrogen-bond donors (Lipinski definition) is 2. The van der Waals surface area contributed by atoms with Gasteiger partial charge in [0.05, 0.1) is 17.7 Å². The number of methoxy groups -OCH3 is 1. The largest absolute Gasteiger partial charge is 0.506 e. The molecule has 0 heterocycles. The first-order chi connectivity index (χ1) is 11.4. The van der Waals surface area contributed by atoms with E-state index < -0.39 is 10.0 Å². The fourth-order valence-corrected chi connectivity index (χ4v) is 3.90. The minimum Gasteiger partial charge on any atom is -0.506 e. The molecular formula is C17H14ClNO4S. The van der Waals surface area contributed by atoms with Crippen LogP contribution in [0, 0.1) is 0 Å². The van der Waals surface area contributed by atoms with Crippen LogP contribution < -0.4 is 9.46 Å². The highest BCUT2D eigenvalue weighted by atomic mass is 35.5. The maximum atomic E-state index is 12.8. The van der Waals surface area contributed by atoms with E-state index in [1.165, 1.54) is 31.4 Å². The summed E-state index contributed by atoms with van der Waals surface area (Å²) in [6.07, 6.45) is 0. The summed E-state index contributed by atoms with van der Waals surface area (Å²) in [7, 11) is -2.40. The number of anilines is 1. The molecule has 2 N–H and O–H groups in total. The van der Waals surface area contributed by atoms with E-state index in [9.17, 15) is 13.5 Å². The van der Waals surface area contributed by atoms with Gasteiger partial charge in [-0.25, -0.2) is 8.42 Å². The van der Waals surface area contributed by atoms with Crippen molar-refractivity contribution in [2.75, 3.05) is 11.8 Å². The second-order valence-electron chi connectivity index (χ2n) is 5.08. The van der Waals surface area contributed by atoms with E-state index in [1.807, 2.05) is 0 Å². The molecule has 3 aromatic carbocycles. The monoisotopic (exact) mass is 363 g/mol. The van der Waals surface area contributed by atoms with Crippen molar-refractivity contribution in [1.82, 2.24) is 0 Å². The minimum atomic E-state index is -3.93. The second kappa shape index (κ2) is 6.22. The molecule has 0 atom stereocenters.